The second-order valence-electron chi connectivity index (χ2n) is 3.84. The summed E-state index contributed by atoms with van der Waals surface area (Å²) < 4.78 is 0. The lowest BCUT2D eigenvalue weighted by Gasteiger charge is -2.05. The van der Waals surface area contributed by atoms with Crippen LogP contribution in [0.1, 0.15) is 30.0 Å². The Labute approximate surface area is 91.7 Å². The van der Waals surface area contributed by atoms with Crippen LogP contribution in [-0.2, 0) is 6.42 Å². The Morgan fingerprint density at radius 3 is 3.00 bits per heavy atom. The first-order valence-corrected chi connectivity index (χ1v) is 6.58. The van der Waals surface area contributed by atoms with E-state index in [2.05, 4.69) is 33.2 Å². The van der Waals surface area contributed by atoms with Gasteiger partial charge in [-0.15, -0.1) is 11.3 Å². The van der Waals surface area contributed by atoms with Crippen LogP contribution in [0.25, 0.3) is 0 Å². The molecule has 0 N–H and O–H groups in total. The number of rotatable bonds is 2. The number of nitrogens with zero attached hydrogens (tertiary/aromatic N) is 1. The lowest BCUT2D eigenvalue weighted by Crippen LogP contribution is -2.00. The van der Waals surface area contributed by atoms with Crippen molar-refractivity contribution in [2.75, 3.05) is 0 Å². The quantitative estimate of drug-likeness (QED) is 0.741. The first kappa shape index (κ1) is 9.66. The predicted molar refractivity (Wildman–Crippen MR) is 60.6 cm³/mol. The highest BCUT2D eigenvalue weighted by molar-refractivity contribution is 9.09. The molecule has 2 atom stereocenters. The molecule has 1 aromatic rings. The lowest BCUT2D eigenvalue weighted by atomic mass is 10.0. The van der Waals surface area contributed by atoms with Crippen LogP contribution in [-0.4, -0.2) is 9.81 Å². The normalized spacial score (nSPS) is 28.2. The molecule has 1 fully saturated rings. The molecule has 3 heteroatoms. The number of hydrogen-bond acceptors (Lipinski definition) is 2. The molecule has 1 aliphatic rings. The van der Waals surface area contributed by atoms with Gasteiger partial charge in [0.1, 0.15) is 0 Å². The van der Waals surface area contributed by atoms with Gasteiger partial charge in [-0.05, 0) is 38.5 Å². The van der Waals surface area contributed by atoms with Crippen molar-refractivity contribution in [1.82, 2.24) is 4.98 Å². The summed E-state index contributed by atoms with van der Waals surface area (Å²) in [6.45, 7) is 2.08. The van der Waals surface area contributed by atoms with Gasteiger partial charge in [0.25, 0.3) is 0 Å². The number of halogens is 1. The third-order valence-electron chi connectivity index (χ3n) is 2.64. The van der Waals surface area contributed by atoms with Crippen molar-refractivity contribution >= 4 is 27.3 Å². The molecule has 2 rings (SSSR count). The summed E-state index contributed by atoms with van der Waals surface area (Å²) in [4.78, 5) is 5.26. The minimum Gasteiger partial charge on any atom is -0.247 e. The van der Waals surface area contributed by atoms with E-state index in [0.717, 1.165) is 10.7 Å². The van der Waals surface area contributed by atoms with E-state index in [9.17, 15) is 0 Å². The summed E-state index contributed by atoms with van der Waals surface area (Å²) in [5.41, 5.74) is 1.30. The van der Waals surface area contributed by atoms with E-state index in [1.807, 2.05) is 0 Å². The Kier molecular flexibility index (Phi) is 3.04. The number of hydrogen-bond donors (Lipinski definition) is 0. The highest BCUT2D eigenvalue weighted by Gasteiger charge is 2.23. The van der Waals surface area contributed by atoms with Crippen LogP contribution in [0.3, 0.4) is 0 Å². The van der Waals surface area contributed by atoms with Crippen molar-refractivity contribution in [2.24, 2.45) is 5.92 Å². The van der Waals surface area contributed by atoms with Gasteiger partial charge in [0.2, 0.25) is 0 Å². The third-order valence-corrected chi connectivity index (χ3v) is 4.30. The highest BCUT2D eigenvalue weighted by atomic mass is 79.9. The number of thiazole rings is 1. The van der Waals surface area contributed by atoms with Crippen LogP contribution in [0.4, 0.5) is 0 Å². The van der Waals surface area contributed by atoms with E-state index >= 15 is 0 Å². The van der Waals surface area contributed by atoms with E-state index < -0.39 is 0 Å². The summed E-state index contributed by atoms with van der Waals surface area (Å²) >= 11 is 5.45. The van der Waals surface area contributed by atoms with E-state index in [-0.39, 0.29) is 0 Å². The highest BCUT2D eigenvalue weighted by Crippen LogP contribution is 2.32. The summed E-state index contributed by atoms with van der Waals surface area (Å²) in [7, 11) is 0. The molecular formula is C10H14BrNS. The topological polar surface area (TPSA) is 12.9 Å². The largest absolute Gasteiger partial charge is 0.247 e. The summed E-state index contributed by atoms with van der Waals surface area (Å²) in [5, 5.41) is 3.40. The van der Waals surface area contributed by atoms with Crippen molar-refractivity contribution in [1.29, 1.82) is 0 Å². The Morgan fingerprint density at radius 2 is 2.46 bits per heavy atom. The number of aryl methyl sites for hydroxylation is 1. The zero-order valence-electron chi connectivity index (χ0n) is 7.79. The van der Waals surface area contributed by atoms with Crippen LogP contribution in [0.2, 0.25) is 0 Å². The molecule has 13 heavy (non-hydrogen) atoms. The molecule has 1 heterocycles. The molecule has 0 aliphatic heterocycles. The van der Waals surface area contributed by atoms with Gasteiger partial charge in [-0.1, -0.05) is 15.9 Å². The van der Waals surface area contributed by atoms with Crippen LogP contribution in [0.15, 0.2) is 5.38 Å². The van der Waals surface area contributed by atoms with Crippen LogP contribution >= 0.6 is 27.3 Å². The molecule has 0 aromatic carbocycles. The summed E-state index contributed by atoms with van der Waals surface area (Å²) in [6.07, 6.45) is 5.23. The van der Waals surface area contributed by atoms with Gasteiger partial charge in [-0.25, -0.2) is 4.98 Å². The van der Waals surface area contributed by atoms with Crippen molar-refractivity contribution in [3.63, 3.8) is 0 Å². The first-order valence-electron chi connectivity index (χ1n) is 4.79. The first-order chi connectivity index (χ1) is 6.24. The monoisotopic (exact) mass is 259 g/mol. The molecule has 1 aliphatic carbocycles. The Hall–Kier alpha value is 0.110. The summed E-state index contributed by atoms with van der Waals surface area (Å²) in [5.74, 6) is 0.867. The Morgan fingerprint density at radius 1 is 1.62 bits per heavy atom. The maximum Gasteiger partial charge on any atom is 0.0897 e. The van der Waals surface area contributed by atoms with Crippen molar-refractivity contribution in [2.45, 2.75) is 37.4 Å². The SMILES string of the molecule is Cc1nc(CC2CCC(Br)C2)cs1. The fourth-order valence-corrected chi connectivity index (χ4v) is 3.42. The molecule has 0 saturated heterocycles. The predicted octanol–water partition coefficient (Wildman–Crippen LogP) is 3.56. The van der Waals surface area contributed by atoms with Gasteiger partial charge in [0.05, 0.1) is 10.7 Å². The number of aromatic nitrogens is 1. The van der Waals surface area contributed by atoms with Crippen molar-refractivity contribution < 1.29 is 0 Å². The molecular weight excluding hydrogens is 246 g/mol. The Bertz CT molecular complexity index is 284. The molecule has 0 bridgehead atoms. The summed E-state index contributed by atoms with van der Waals surface area (Å²) in [6, 6.07) is 0. The van der Waals surface area contributed by atoms with Crippen LogP contribution < -0.4 is 0 Å². The maximum absolute atomic E-state index is 4.50. The zero-order valence-corrected chi connectivity index (χ0v) is 10.2. The second-order valence-corrected chi connectivity index (χ2v) is 6.20. The van der Waals surface area contributed by atoms with E-state index in [0.29, 0.717) is 0 Å². The smallest absolute Gasteiger partial charge is 0.0897 e. The van der Waals surface area contributed by atoms with E-state index in [1.54, 1.807) is 11.3 Å². The fraction of sp³-hybridized carbons (Fsp3) is 0.700. The molecule has 72 valence electrons. The van der Waals surface area contributed by atoms with E-state index in [1.165, 1.54) is 36.4 Å². The standard InChI is InChI=1S/C10H14BrNS/c1-7-12-10(6-13-7)5-8-2-3-9(11)4-8/h6,8-9H,2-5H2,1H3. The zero-order chi connectivity index (χ0) is 9.26. The van der Waals surface area contributed by atoms with Gasteiger partial charge in [-0.2, -0.15) is 0 Å². The molecule has 0 spiro atoms. The third kappa shape index (κ3) is 2.53. The molecule has 1 saturated carbocycles. The van der Waals surface area contributed by atoms with Gasteiger partial charge in [-0.3, -0.25) is 0 Å². The fourth-order valence-electron chi connectivity index (χ4n) is 2.00. The average Bonchev–Trinajstić information content (AvgIpc) is 2.62. The van der Waals surface area contributed by atoms with Crippen LogP contribution in [0.5, 0.6) is 0 Å². The van der Waals surface area contributed by atoms with Crippen LogP contribution in [0, 0.1) is 12.8 Å². The minimum absolute atomic E-state index is 0.761. The van der Waals surface area contributed by atoms with Gasteiger partial charge >= 0.3 is 0 Å². The number of alkyl halides is 1. The molecule has 1 nitrogen and oxygen atoms in total. The van der Waals surface area contributed by atoms with E-state index in [4.69, 9.17) is 0 Å². The molecule has 0 amide bonds. The van der Waals surface area contributed by atoms with Crippen molar-refractivity contribution in [3.8, 4) is 0 Å². The molecule has 2 unspecified atom stereocenters. The average molecular weight is 260 g/mol. The second kappa shape index (κ2) is 4.09. The lowest BCUT2D eigenvalue weighted by molar-refractivity contribution is 0.542. The molecule has 1 aromatic heterocycles. The maximum atomic E-state index is 4.50. The minimum atomic E-state index is 0.761. The van der Waals surface area contributed by atoms with Gasteiger partial charge < -0.3 is 0 Å². The molecule has 0 radical (unpaired) electrons. The Balaban J connectivity index is 1.91. The van der Waals surface area contributed by atoms with Crippen molar-refractivity contribution in [3.05, 3.63) is 16.1 Å². The van der Waals surface area contributed by atoms with Gasteiger partial charge in [0, 0.05) is 10.2 Å². The van der Waals surface area contributed by atoms with Gasteiger partial charge in [0.15, 0.2) is 0 Å².